The predicted molar refractivity (Wildman–Crippen MR) is 91.4 cm³/mol. The van der Waals surface area contributed by atoms with Crippen molar-refractivity contribution < 1.29 is 19.0 Å². The van der Waals surface area contributed by atoms with Crippen molar-refractivity contribution in [3.05, 3.63) is 54.1 Å². The van der Waals surface area contributed by atoms with E-state index in [-0.39, 0.29) is 19.1 Å². The molecule has 0 aliphatic heterocycles. The van der Waals surface area contributed by atoms with Crippen LogP contribution in [0.25, 0.3) is 0 Å². The Morgan fingerprint density at radius 2 is 1.58 bits per heavy atom. The summed E-state index contributed by atoms with van der Waals surface area (Å²) in [6, 6.07) is 14.6. The molecule has 124 valence electrons. The smallest absolute Gasteiger partial charge is 0.258 e. The molecule has 0 saturated heterocycles. The summed E-state index contributed by atoms with van der Waals surface area (Å²) in [4.78, 5) is 11.8. The van der Waals surface area contributed by atoms with Gasteiger partial charge in [-0.2, -0.15) is 0 Å². The molecule has 2 rings (SSSR count). The van der Waals surface area contributed by atoms with Gasteiger partial charge < -0.3 is 19.5 Å². The van der Waals surface area contributed by atoms with E-state index in [1.807, 2.05) is 36.4 Å². The van der Waals surface area contributed by atoms with Crippen molar-refractivity contribution in [3.8, 4) is 29.1 Å². The fourth-order valence-electron chi connectivity index (χ4n) is 1.96. The van der Waals surface area contributed by atoms with Gasteiger partial charge in [0, 0.05) is 0 Å². The molecule has 1 amide bonds. The molecule has 0 unspecified atom stereocenters. The summed E-state index contributed by atoms with van der Waals surface area (Å²) in [5.41, 5.74) is 0.777. The highest BCUT2D eigenvalue weighted by Gasteiger charge is 2.05. The molecule has 0 atom stereocenters. The van der Waals surface area contributed by atoms with Crippen molar-refractivity contribution in [1.29, 1.82) is 0 Å². The Morgan fingerprint density at radius 1 is 0.958 bits per heavy atom. The molecule has 0 fully saturated rings. The number of carbonyl (C=O) groups excluding carboxylic acids is 1. The number of hydrogen-bond acceptors (Lipinski definition) is 4. The van der Waals surface area contributed by atoms with E-state index < -0.39 is 0 Å². The zero-order valence-corrected chi connectivity index (χ0v) is 13.7. The van der Waals surface area contributed by atoms with Crippen LogP contribution in [-0.4, -0.2) is 33.3 Å². The van der Waals surface area contributed by atoms with Gasteiger partial charge in [0.1, 0.15) is 5.75 Å². The summed E-state index contributed by atoms with van der Waals surface area (Å²) in [6.07, 6.45) is 0. The first-order valence-corrected chi connectivity index (χ1v) is 7.39. The fourth-order valence-corrected chi connectivity index (χ4v) is 1.96. The lowest BCUT2D eigenvalue weighted by atomic mass is 10.2. The third kappa shape index (κ3) is 4.96. The van der Waals surface area contributed by atoms with Crippen LogP contribution in [-0.2, 0) is 4.79 Å². The molecular weight excluding hydrogens is 306 g/mol. The number of benzene rings is 2. The number of amides is 1. The lowest BCUT2D eigenvalue weighted by Gasteiger charge is -2.09. The highest BCUT2D eigenvalue weighted by Crippen LogP contribution is 2.25. The maximum Gasteiger partial charge on any atom is 0.258 e. The molecule has 0 bridgehead atoms. The molecule has 24 heavy (non-hydrogen) atoms. The lowest BCUT2D eigenvalue weighted by molar-refractivity contribution is -0.122. The lowest BCUT2D eigenvalue weighted by Crippen LogP contribution is -2.29. The minimum atomic E-state index is -0.254. The molecule has 2 aromatic rings. The summed E-state index contributed by atoms with van der Waals surface area (Å²) in [6.45, 7) is 0.128. The van der Waals surface area contributed by atoms with E-state index in [1.165, 1.54) is 0 Å². The van der Waals surface area contributed by atoms with Crippen LogP contribution in [0, 0.1) is 11.8 Å². The van der Waals surface area contributed by atoms with Crippen molar-refractivity contribution in [2.75, 3.05) is 27.4 Å². The minimum absolute atomic E-state index is 0.100. The van der Waals surface area contributed by atoms with Gasteiger partial charge in [-0.1, -0.05) is 36.1 Å². The van der Waals surface area contributed by atoms with Crippen LogP contribution in [0.15, 0.2) is 48.5 Å². The zero-order valence-electron chi connectivity index (χ0n) is 13.7. The Balaban J connectivity index is 1.81. The van der Waals surface area contributed by atoms with E-state index in [0.717, 1.165) is 5.56 Å². The second-order valence-electron chi connectivity index (χ2n) is 4.72. The number of ether oxygens (including phenoxy) is 3. The molecule has 1 N–H and O–H groups in total. The van der Waals surface area contributed by atoms with Crippen LogP contribution in [0.3, 0.4) is 0 Å². The molecule has 0 spiro atoms. The normalized spacial score (nSPS) is 9.42. The van der Waals surface area contributed by atoms with Crippen molar-refractivity contribution in [2.24, 2.45) is 0 Å². The van der Waals surface area contributed by atoms with E-state index >= 15 is 0 Å². The van der Waals surface area contributed by atoms with Crippen LogP contribution in [0.2, 0.25) is 0 Å². The van der Waals surface area contributed by atoms with Gasteiger partial charge in [-0.05, 0) is 24.3 Å². The number of rotatable bonds is 6. The SMILES string of the molecule is COc1ccccc1C#CCNC(=O)COc1ccccc1OC. The molecule has 0 heterocycles. The molecule has 0 aromatic heterocycles. The average molecular weight is 325 g/mol. The van der Waals surface area contributed by atoms with Gasteiger partial charge in [-0.25, -0.2) is 0 Å². The van der Waals surface area contributed by atoms with Crippen molar-refractivity contribution in [3.63, 3.8) is 0 Å². The molecule has 5 nitrogen and oxygen atoms in total. The van der Waals surface area contributed by atoms with Crippen molar-refractivity contribution >= 4 is 5.91 Å². The summed E-state index contributed by atoms with van der Waals surface area (Å²) in [5.74, 6) is 7.40. The van der Waals surface area contributed by atoms with E-state index in [4.69, 9.17) is 14.2 Å². The van der Waals surface area contributed by atoms with Gasteiger partial charge in [0.25, 0.3) is 5.91 Å². The quantitative estimate of drug-likeness (QED) is 0.828. The molecule has 0 aliphatic carbocycles. The van der Waals surface area contributed by atoms with Gasteiger partial charge in [0.2, 0.25) is 0 Å². The largest absolute Gasteiger partial charge is 0.495 e. The summed E-state index contributed by atoms with van der Waals surface area (Å²) in [7, 11) is 3.15. The third-order valence-electron chi connectivity index (χ3n) is 3.13. The third-order valence-corrected chi connectivity index (χ3v) is 3.13. The van der Waals surface area contributed by atoms with E-state index in [0.29, 0.717) is 17.2 Å². The van der Waals surface area contributed by atoms with Crippen LogP contribution in [0.1, 0.15) is 5.56 Å². The highest BCUT2D eigenvalue weighted by atomic mass is 16.5. The topological polar surface area (TPSA) is 56.8 Å². The highest BCUT2D eigenvalue weighted by molar-refractivity contribution is 5.77. The second-order valence-corrected chi connectivity index (χ2v) is 4.72. The average Bonchev–Trinajstić information content (AvgIpc) is 2.64. The minimum Gasteiger partial charge on any atom is -0.495 e. The number of hydrogen-bond donors (Lipinski definition) is 1. The molecule has 5 heteroatoms. The Hall–Kier alpha value is -3.13. The van der Waals surface area contributed by atoms with Gasteiger partial charge in [0.15, 0.2) is 18.1 Å². The Kier molecular flexibility index (Phi) is 6.54. The first kappa shape index (κ1) is 17.2. The zero-order chi connectivity index (χ0) is 17.2. The fraction of sp³-hybridized carbons (Fsp3) is 0.211. The van der Waals surface area contributed by atoms with Gasteiger partial charge in [0.05, 0.1) is 26.3 Å². The van der Waals surface area contributed by atoms with E-state index in [1.54, 1.807) is 26.4 Å². The van der Waals surface area contributed by atoms with Crippen LogP contribution < -0.4 is 19.5 Å². The summed E-state index contributed by atoms with van der Waals surface area (Å²) < 4.78 is 15.8. The van der Waals surface area contributed by atoms with E-state index in [2.05, 4.69) is 17.2 Å². The Morgan fingerprint density at radius 3 is 2.29 bits per heavy atom. The number of nitrogens with one attached hydrogen (secondary N) is 1. The standard InChI is InChI=1S/C19H19NO4/c1-22-16-10-4-3-8-15(16)9-7-13-20-19(21)14-24-18-12-6-5-11-17(18)23-2/h3-6,8,10-12H,13-14H2,1-2H3,(H,20,21). The van der Waals surface area contributed by atoms with Gasteiger partial charge in [-0.15, -0.1) is 0 Å². The Bertz CT molecular complexity index is 746. The number of para-hydroxylation sites is 3. The number of methoxy groups -OCH3 is 2. The molecular formula is C19H19NO4. The summed E-state index contributed by atoms with van der Waals surface area (Å²) in [5, 5.41) is 2.68. The maximum atomic E-state index is 11.8. The van der Waals surface area contributed by atoms with E-state index in [9.17, 15) is 4.79 Å². The summed E-state index contributed by atoms with van der Waals surface area (Å²) >= 11 is 0. The first-order valence-electron chi connectivity index (χ1n) is 7.39. The van der Waals surface area contributed by atoms with Crippen LogP contribution in [0.4, 0.5) is 0 Å². The predicted octanol–water partition coefficient (Wildman–Crippen LogP) is 2.25. The van der Waals surface area contributed by atoms with Crippen LogP contribution in [0.5, 0.6) is 17.2 Å². The molecule has 0 saturated carbocycles. The second kappa shape index (κ2) is 9.11. The molecule has 0 radical (unpaired) electrons. The van der Waals surface area contributed by atoms with Gasteiger partial charge >= 0.3 is 0 Å². The number of carbonyl (C=O) groups is 1. The molecule has 0 aliphatic rings. The monoisotopic (exact) mass is 325 g/mol. The first-order chi connectivity index (χ1) is 11.7. The van der Waals surface area contributed by atoms with Gasteiger partial charge in [-0.3, -0.25) is 4.79 Å². The van der Waals surface area contributed by atoms with Crippen LogP contribution >= 0.6 is 0 Å². The Labute approximate surface area is 141 Å². The van der Waals surface area contributed by atoms with Crippen molar-refractivity contribution in [1.82, 2.24) is 5.32 Å². The van der Waals surface area contributed by atoms with Crippen molar-refractivity contribution in [2.45, 2.75) is 0 Å². The molecule has 2 aromatic carbocycles. The maximum absolute atomic E-state index is 11.8.